The zero-order valence-corrected chi connectivity index (χ0v) is 19.2. The Morgan fingerprint density at radius 2 is 1.54 bits per heavy atom. The maximum Gasteiger partial charge on any atom is 0.416 e. The molecule has 6 rings (SSSR count). The van der Waals surface area contributed by atoms with Crippen LogP contribution in [-0.4, -0.2) is 28.7 Å². The predicted molar refractivity (Wildman–Crippen MR) is 130 cm³/mol. The van der Waals surface area contributed by atoms with Crippen LogP contribution < -0.4 is 10.2 Å². The second-order valence-corrected chi connectivity index (χ2v) is 9.25. The molecule has 1 unspecified atom stereocenters. The molecular weight excluding hydrogens is 483 g/mol. The summed E-state index contributed by atoms with van der Waals surface area (Å²) in [6.45, 7) is 0. The van der Waals surface area contributed by atoms with E-state index in [0.717, 1.165) is 28.2 Å². The fourth-order valence-electron chi connectivity index (χ4n) is 5.68. The number of rotatable bonds is 3. The molecule has 186 valence electrons. The molecule has 9 heteroatoms. The average molecular weight is 503 g/mol. The van der Waals surface area contributed by atoms with E-state index in [1.807, 2.05) is 24.3 Å². The van der Waals surface area contributed by atoms with Crippen LogP contribution in [0.3, 0.4) is 0 Å². The highest BCUT2D eigenvalue weighted by molar-refractivity contribution is 6.24. The normalized spacial score (nSPS) is 24.1. The summed E-state index contributed by atoms with van der Waals surface area (Å²) < 4.78 is 39.7. The molecule has 1 N–H and O–H groups in total. The minimum atomic E-state index is -4.58. The Bertz CT molecular complexity index is 1450. The van der Waals surface area contributed by atoms with E-state index < -0.39 is 53.4 Å². The van der Waals surface area contributed by atoms with E-state index >= 15 is 0 Å². The number of fused-ring (bicyclic) bond motifs is 5. The van der Waals surface area contributed by atoms with Crippen molar-refractivity contribution >= 4 is 35.2 Å². The molecule has 4 atom stereocenters. The average Bonchev–Trinajstić information content (AvgIpc) is 3.36. The maximum atomic E-state index is 13.7. The number of carbonyl (C=O) groups is 3. The Balaban J connectivity index is 1.41. The first-order chi connectivity index (χ1) is 17.8. The number of nitrogens with zero attached hydrogens (tertiary/aromatic N) is 2. The molecule has 2 fully saturated rings. The quantitative estimate of drug-likeness (QED) is 0.519. The number of carbonyl (C=O) groups excluding carboxylic acids is 3. The number of nitrogens with one attached hydrogen (secondary N) is 1. The van der Waals surface area contributed by atoms with Crippen molar-refractivity contribution < 1.29 is 27.6 Å². The van der Waals surface area contributed by atoms with Gasteiger partial charge in [-0.15, -0.1) is 0 Å². The Labute approximate surface area is 210 Å². The molecule has 0 spiro atoms. The van der Waals surface area contributed by atoms with Crippen molar-refractivity contribution in [1.82, 2.24) is 4.90 Å². The molecule has 3 amide bonds. The number of anilines is 2. The molecule has 37 heavy (non-hydrogen) atoms. The van der Waals surface area contributed by atoms with Gasteiger partial charge in [0, 0.05) is 11.9 Å². The summed E-state index contributed by atoms with van der Waals surface area (Å²) >= 11 is 0. The van der Waals surface area contributed by atoms with Gasteiger partial charge < -0.3 is 10.2 Å². The minimum absolute atomic E-state index is 0.0436. The highest BCUT2D eigenvalue weighted by Gasteiger charge is 2.64. The van der Waals surface area contributed by atoms with Crippen LogP contribution in [0.5, 0.6) is 0 Å². The lowest BCUT2D eigenvalue weighted by molar-refractivity contribution is -0.137. The van der Waals surface area contributed by atoms with Gasteiger partial charge in [0.05, 0.1) is 29.1 Å². The topological polar surface area (TPSA) is 69.7 Å². The standard InChI is InChI=1S/C28H20F3N3O3/c29-28(30,31)17-8-6-9-18(15-17)32-25(35)24-22-21(23-20-12-5-4-7-16(20)13-14-33(23)24)26(36)34(27(22)37)19-10-2-1-3-11-19/h1-15,21-24H,(H,32,35)/t21-,22+,23?,24-/m0/s1. The fourth-order valence-corrected chi connectivity index (χ4v) is 5.68. The first-order valence-corrected chi connectivity index (χ1v) is 11.7. The number of alkyl halides is 3. The van der Waals surface area contributed by atoms with Crippen molar-refractivity contribution in [3.05, 3.63) is 102 Å². The first-order valence-electron chi connectivity index (χ1n) is 11.7. The van der Waals surface area contributed by atoms with Gasteiger partial charge >= 0.3 is 6.18 Å². The fraction of sp³-hybridized carbons (Fsp3) is 0.179. The van der Waals surface area contributed by atoms with E-state index in [0.29, 0.717) is 5.69 Å². The van der Waals surface area contributed by atoms with Crippen molar-refractivity contribution in [2.45, 2.75) is 18.3 Å². The predicted octanol–water partition coefficient (Wildman–Crippen LogP) is 4.86. The van der Waals surface area contributed by atoms with Gasteiger partial charge in [-0.05, 0) is 47.5 Å². The lowest BCUT2D eigenvalue weighted by atomic mass is 9.84. The Morgan fingerprint density at radius 1 is 0.838 bits per heavy atom. The third-order valence-corrected chi connectivity index (χ3v) is 7.20. The van der Waals surface area contributed by atoms with E-state index in [-0.39, 0.29) is 5.69 Å². The van der Waals surface area contributed by atoms with E-state index in [2.05, 4.69) is 5.32 Å². The molecule has 0 aromatic heterocycles. The molecule has 0 saturated carbocycles. The van der Waals surface area contributed by atoms with Crippen LogP contribution in [-0.2, 0) is 20.6 Å². The minimum Gasteiger partial charge on any atom is -0.357 e. The maximum absolute atomic E-state index is 13.7. The van der Waals surface area contributed by atoms with Crippen LogP contribution in [0.15, 0.2) is 85.1 Å². The van der Waals surface area contributed by atoms with Gasteiger partial charge in [0.2, 0.25) is 17.7 Å². The molecule has 3 aromatic rings. The van der Waals surface area contributed by atoms with Gasteiger partial charge in [-0.3, -0.25) is 14.4 Å². The number of hydrogen-bond donors (Lipinski definition) is 1. The summed E-state index contributed by atoms with van der Waals surface area (Å²) in [7, 11) is 0. The Morgan fingerprint density at radius 3 is 2.30 bits per heavy atom. The lowest BCUT2D eigenvalue weighted by Crippen LogP contribution is -2.46. The van der Waals surface area contributed by atoms with Crippen molar-refractivity contribution in [1.29, 1.82) is 0 Å². The second-order valence-electron chi connectivity index (χ2n) is 9.25. The van der Waals surface area contributed by atoms with Crippen molar-refractivity contribution in [3.8, 4) is 0 Å². The van der Waals surface area contributed by atoms with E-state index in [1.165, 1.54) is 12.1 Å². The first kappa shape index (κ1) is 23.0. The molecular formula is C28H20F3N3O3. The molecule has 6 nitrogen and oxygen atoms in total. The number of halogens is 3. The third kappa shape index (κ3) is 3.61. The molecule has 3 aromatic carbocycles. The van der Waals surface area contributed by atoms with Crippen molar-refractivity contribution in [2.75, 3.05) is 10.2 Å². The van der Waals surface area contributed by atoms with Crippen LogP contribution in [0.4, 0.5) is 24.5 Å². The van der Waals surface area contributed by atoms with Gasteiger partial charge in [0.1, 0.15) is 6.04 Å². The van der Waals surface area contributed by atoms with Gasteiger partial charge in [-0.1, -0.05) is 48.5 Å². The largest absolute Gasteiger partial charge is 0.416 e. The molecule has 3 aliphatic rings. The third-order valence-electron chi connectivity index (χ3n) is 7.20. The van der Waals surface area contributed by atoms with Crippen molar-refractivity contribution in [2.24, 2.45) is 11.8 Å². The van der Waals surface area contributed by atoms with Gasteiger partial charge in [0.15, 0.2) is 0 Å². The van der Waals surface area contributed by atoms with Crippen molar-refractivity contribution in [3.63, 3.8) is 0 Å². The van der Waals surface area contributed by atoms with Gasteiger partial charge in [-0.2, -0.15) is 13.2 Å². The van der Waals surface area contributed by atoms with E-state index in [4.69, 9.17) is 0 Å². The summed E-state index contributed by atoms with van der Waals surface area (Å²) in [5, 5.41) is 2.56. The molecule has 0 bridgehead atoms. The monoisotopic (exact) mass is 503 g/mol. The molecule has 0 aliphatic carbocycles. The van der Waals surface area contributed by atoms with Gasteiger partial charge in [-0.25, -0.2) is 4.90 Å². The molecule has 3 heterocycles. The Hall–Kier alpha value is -4.40. The van der Waals surface area contributed by atoms with Gasteiger partial charge in [0.25, 0.3) is 0 Å². The van der Waals surface area contributed by atoms with Crippen LogP contribution in [0, 0.1) is 11.8 Å². The van der Waals surface area contributed by atoms with E-state index in [9.17, 15) is 27.6 Å². The summed E-state index contributed by atoms with van der Waals surface area (Å²) in [5.74, 6) is -3.42. The highest BCUT2D eigenvalue weighted by Crippen LogP contribution is 2.53. The number of para-hydroxylation sites is 1. The van der Waals surface area contributed by atoms with Crippen LogP contribution in [0.25, 0.3) is 6.08 Å². The molecule has 0 radical (unpaired) electrons. The summed E-state index contributed by atoms with van der Waals surface area (Å²) in [5.41, 5.74) is 1.15. The number of imide groups is 1. The smallest absolute Gasteiger partial charge is 0.357 e. The summed E-state index contributed by atoms with van der Waals surface area (Å²) in [4.78, 5) is 43.9. The van der Waals surface area contributed by atoms with Crippen LogP contribution >= 0.6 is 0 Å². The second kappa shape index (κ2) is 8.33. The summed E-state index contributed by atoms with van der Waals surface area (Å²) in [6.07, 6.45) is -1.08. The number of benzene rings is 3. The Kier molecular flexibility index (Phi) is 5.18. The highest BCUT2D eigenvalue weighted by atomic mass is 19.4. The molecule has 2 saturated heterocycles. The number of amides is 3. The number of hydrogen-bond acceptors (Lipinski definition) is 4. The zero-order chi connectivity index (χ0) is 25.9. The van der Waals surface area contributed by atoms with E-state index in [1.54, 1.807) is 47.5 Å². The van der Waals surface area contributed by atoms with Crippen LogP contribution in [0.1, 0.15) is 22.7 Å². The zero-order valence-electron chi connectivity index (χ0n) is 19.2. The lowest BCUT2D eigenvalue weighted by Gasteiger charge is -2.35. The molecule has 3 aliphatic heterocycles. The SMILES string of the molecule is O=C(Nc1cccc(C(F)(F)F)c1)[C@@H]1[C@@H]2C(=O)N(c3ccccc3)C(=O)[C@@H]2C2c3ccccc3C=CN21. The van der Waals surface area contributed by atoms with Crippen LogP contribution in [0.2, 0.25) is 0 Å². The summed E-state index contributed by atoms with van der Waals surface area (Å²) in [6, 6.07) is 18.6.